The maximum atomic E-state index is 12.8. The minimum Gasteiger partial charge on any atom is -0.340 e. The van der Waals surface area contributed by atoms with Gasteiger partial charge in [0.05, 0.1) is 18.1 Å². The molecule has 23 heavy (non-hydrogen) atoms. The lowest BCUT2D eigenvalue weighted by atomic mass is 9.98. The molecule has 3 aromatic rings. The van der Waals surface area contributed by atoms with E-state index in [9.17, 15) is 4.79 Å². The summed E-state index contributed by atoms with van der Waals surface area (Å²) in [5, 5.41) is 0. The highest BCUT2D eigenvalue weighted by atomic mass is 16.2. The molecular weight excluding hydrogens is 292 g/mol. The summed E-state index contributed by atoms with van der Waals surface area (Å²) in [6, 6.07) is 1.96. The van der Waals surface area contributed by atoms with Crippen molar-refractivity contribution in [1.82, 2.24) is 28.8 Å². The van der Waals surface area contributed by atoms with Crippen molar-refractivity contribution >= 4 is 11.7 Å². The van der Waals surface area contributed by atoms with Crippen molar-refractivity contribution in [2.45, 2.75) is 25.3 Å². The van der Waals surface area contributed by atoms with Crippen LogP contribution in [0.15, 0.2) is 37.2 Å². The van der Waals surface area contributed by atoms with Gasteiger partial charge < -0.3 is 9.47 Å². The van der Waals surface area contributed by atoms with Crippen molar-refractivity contribution in [1.29, 1.82) is 0 Å². The van der Waals surface area contributed by atoms with E-state index < -0.39 is 0 Å². The number of amides is 1. The molecule has 118 valence electrons. The fourth-order valence-corrected chi connectivity index (χ4v) is 3.16. The third kappa shape index (κ3) is 2.48. The average Bonchev–Trinajstić information content (AvgIpc) is 3.22. The number of fused-ring (bicyclic) bond motifs is 1. The van der Waals surface area contributed by atoms with Crippen LogP contribution in [-0.2, 0) is 7.05 Å². The molecule has 0 N–H and O–H groups in total. The first-order valence-corrected chi connectivity index (χ1v) is 7.81. The molecule has 0 bridgehead atoms. The number of piperidine rings is 1. The number of hydrogen-bond donors (Lipinski definition) is 0. The lowest BCUT2D eigenvalue weighted by Gasteiger charge is -2.34. The van der Waals surface area contributed by atoms with E-state index in [1.165, 1.54) is 0 Å². The topological polar surface area (TPSA) is 68.3 Å². The van der Waals surface area contributed by atoms with E-state index >= 15 is 0 Å². The lowest BCUT2D eigenvalue weighted by molar-refractivity contribution is 0.0600. The van der Waals surface area contributed by atoms with Crippen LogP contribution in [0.5, 0.6) is 0 Å². The highest BCUT2D eigenvalue weighted by Crippen LogP contribution is 2.31. The van der Waals surface area contributed by atoms with Gasteiger partial charge in [-0.2, -0.15) is 0 Å². The number of carbonyl (C=O) groups excluding carboxylic acids is 1. The summed E-state index contributed by atoms with van der Waals surface area (Å²) in [7, 11) is 1.87. The second-order valence-electron chi connectivity index (χ2n) is 5.92. The van der Waals surface area contributed by atoms with Crippen LogP contribution in [-0.4, -0.2) is 41.3 Å². The predicted octanol–water partition coefficient (Wildman–Crippen LogP) is 1.83. The molecule has 0 radical (unpaired) electrons. The summed E-state index contributed by atoms with van der Waals surface area (Å²) in [6.07, 6.45) is 12.0. The molecule has 4 rings (SSSR count). The summed E-state index contributed by atoms with van der Waals surface area (Å²) in [6.45, 7) is 0.737. The average molecular weight is 310 g/mol. The first-order valence-electron chi connectivity index (χ1n) is 7.81. The Morgan fingerprint density at radius 1 is 1.26 bits per heavy atom. The number of nitrogens with zero attached hydrogens (tertiary/aromatic N) is 6. The minimum absolute atomic E-state index is 0.0139. The Morgan fingerprint density at radius 3 is 3.00 bits per heavy atom. The molecule has 3 aromatic heterocycles. The third-order valence-corrected chi connectivity index (χ3v) is 4.31. The zero-order valence-electron chi connectivity index (χ0n) is 13.0. The van der Waals surface area contributed by atoms with Gasteiger partial charge >= 0.3 is 0 Å². The molecular formula is C16H18N6O. The van der Waals surface area contributed by atoms with E-state index in [-0.39, 0.29) is 11.9 Å². The van der Waals surface area contributed by atoms with Crippen LogP contribution in [0.2, 0.25) is 0 Å². The number of aryl methyl sites for hydroxylation is 1. The summed E-state index contributed by atoms with van der Waals surface area (Å²) < 4.78 is 3.66. The van der Waals surface area contributed by atoms with Gasteiger partial charge in [0.15, 0.2) is 0 Å². The van der Waals surface area contributed by atoms with E-state index in [1.54, 1.807) is 23.3 Å². The second-order valence-corrected chi connectivity index (χ2v) is 5.92. The quantitative estimate of drug-likeness (QED) is 0.724. The van der Waals surface area contributed by atoms with E-state index in [0.717, 1.165) is 31.5 Å². The van der Waals surface area contributed by atoms with Crippen molar-refractivity contribution in [3.05, 3.63) is 48.6 Å². The van der Waals surface area contributed by atoms with Crippen molar-refractivity contribution in [3.8, 4) is 0 Å². The fraction of sp³-hybridized carbons (Fsp3) is 0.375. The Hall–Kier alpha value is -2.70. The minimum atomic E-state index is -0.0275. The van der Waals surface area contributed by atoms with Gasteiger partial charge in [-0.15, -0.1) is 0 Å². The zero-order valence-corrected chi connectivity index (χ0v) is 13.0. The van der Waals surface area contributed by atoms with Gasteiger partial charge in [-0.3, -0.25) is 9.20 Å². The monoisotopic (exact) mass is 310 g/mol. The van der Waals surface area contributed by atoms with Crippen LogP contribution >= 0.6 is 0 Å². The van der Waals surface area contributed by atoms with E-state index in [4.69, 9.17) is 0 Å². The molecule has 1 aliphatic rings. The van der Waals surface area contributed by atoms with Gasteiger partial charge in [0.25, 0.3) is 5.91 Å². The summed E-state index contributed by atoms with van der Waals surface area (Å²) in [5.41, 5.74) is 1.38. The molecule has 1 fully saturated rings. The van der Waals surface area contributed by atoms with Crippen LogP contribution in [0.4, 0.5) is 0 Å². The molecule has 0 aliphatic carbocycles. The predicted molar refractivity (Wildman–Crippen MR) is 83.8 cm³/mol. The van der Waals surface area contributed by atoms with Gasteiger partial charge in [-0.05, 0) is 25.3 Å². The summed E-state index contributed by atoms with van der Waals surface area (Å²) in [5.74, 6) is 0.638. The maximum absolute atomic E-state index is 12.8. The largest absolute Gasteiger partial charge is 0.340 e. The molecule has 0 saturated carbocycles. The smallest absolute Gasteiger partial charge is 0.274 e. The Bertz CT molecular complexity index is 851. The fourth-order valence-electron chi connectivity index (χ4n) is 3.16. The van der Waals surface area contributed by atoms with Crippen LogP contribution in [0.3, 0.4) is 0 Å². The molecule has 7 heteroatoms. The molecule has 0 spiro atoms. The van der Waals surface area contributed by atoms with Crippen LogP contribution in [0.25, 0.3) is 5.78 Å². The zero-order chi connectivity index (χ0) is 15.8. The number of likely N-dealkylation sites (tertiary alicyclic amines) is 1. The first-order chi connectivity index (χ1) is 11.2. The van der Waals surface area contributed by atoms with Crippen molar-refractivity contribution < 1.29 is 4.79 Å². The van der Waals surface area contributed by atoms with Crippen LogP contribution < -0.4 is 0 Å². The van der Waals surface area contributed by atoms with E-state index in [2.05, 4.69) is 15.0 Å². The highest BCUT2D eigenvalue weighted by Gasteiger charge is 2.30. The molecule has 1 saturated heterocycles. The van der Waals surface area contributed by atoms with Crippen molar-refractivity contribution in [2.75, 3.05) is 6.54 Å². The summed E-state index contributed by atoms with van der Waals surface area (Å²) >= 11 is 0. The highest BCUT2D eigenvalue weighted by molar-refractivity contribution is 5.92. The second kappa shape index (κ2) is 5.49. The van der Waals surface area contributed by atoms with Crippen molar-refractivity contribution in [2.24, 2.45) is 7.05 Å². The Morgan fingerprint density at radius 2 is 2.17 bits per heavy atom. The molecule has 1 aliphatic heterocycles. The van der Waals surface area contributed by atoms with Gasteiger partial charge in [0.2, 0.25) is 5.78 Å². The molecule has 4 heterocycles. The van der Waals surface area contributed by atoms with Crippen LogP contribution in [0.1, 0.15) is 41.5 Å². The number of imidazole rings is 2. The van der Waals surface area contributed by atoms with Gasteiger partial charge in [0, 0.05) is 38.4 Å². The normalized spacial score (nSPS) is 18.5. The molecule has 7 nitrogen and oxygen atoms in total. The van der Waals surface area contributed by atoms with Crippen LogP contribution in [0, 0.1) is 0 Å². The number of hydrogen-bond acceptors (Lipinski definition) is 4. The maximum Gasteiger partial charge on any atom is 0.274 e. The summed E-state index contributed by atoms with van der Waals surface area (Å²) in [4.78, 5) is 27.8. The SMILES string of the molecule is Cn1cnc(C(=O)N2CCCC[C@H]2c2ccn3ccnc3n2)c1. The third-order valence-electron chi connectivity index (χ3n) is 4.31. The molecule has 1 atom stereocenters. The Balaban J connectivity index is 1.68. The van der Waals surface area contributed by atoms with Gasteiger partial charge in [0.1, 0.15) is 5.69 Å². The van der Waals surface area contributed by atoms with Gasteiger partial charge in [-0.1, -0.05) is 0 Å². The lowest BCUT2D eigenvalue weighted by Crippen LogP contribution is -2.39. The Kier molecular flexibility index (Phi) is 3.33. The standard InChI is InChI=1S/C16H18N6O/c1-20-10-13(18-11-20)15(23)22-7-3-2-4-14(22)12-5-8-21-9-6-17-16(21)19-12/h5-6,8-11,14H,2-4,7H2,1H3/t14-/m0/s1. The number of carbonyl (C=O) groups is 1. The van der Waals surface area contributed by atoms with E-state index in [1.807, 2.05) is 34.8 Å². The Labute approximate surface area is 133 Å². The molecule has 1 amide bonds. The van der Waals surface area contributed by atoms with E-state index in [0.29, 0.717) is 11.5 Å². The van der Waals surface area contributed by atoms with Gasteiger partial charge in [-0.25, -0.2) is 15.0 Å². The molecule has 0 aromatic carbocycles. The number of aromatic nitrogens is 5. The number of rotatable bonds is 2. The first kappa shape index (κ1) is 13.9. The van der Waals surface area contributed by atoms with Crippen molar-refractivity contribution in [3.63, 3.8) is 0 Å². The molecule has 0 unspecified atom stereocenters.